The number of halogens is 4. The SMILES string of the molecule is O=C(COC(=O)c1cc(-c2ccc(Cl)s2)nc2ccccc12)Nc1cccc(C(F)(F)F)c1. The quantitative estimate of drug-likeness (QED) is 0.327. The molecule has 0 saturated heterocycles. The number of esters is 1. The van der Waals surface area contributed by atoms with Gasteiger partial charge >= 0.3 is 12.1 Å². The fraction of sp³-hybridized carbons (Fsp3) is 0.0870. The average molecular weight is 491 g/mol. The zero-order valence-corrected chi connectivity index (χ0v) is 18.2. The molecule has 168 valence electrons. The maximum absolute atomic E-state index is 12.8. The van der Waals surface area contributed by atoms with E-state index in [0.29, 0.717) is 20.9 Å². The van der Waals surface area contributed by atoms with Crippen LogP contribution in [0.15, 0.2) is 66.7 Å². The molecule has 0 atom stereocenters. The summed E-state index contributed by atoms with van der Waals surface area (Å²) >= 11 is 7.31. The van der Waals surface area contributed by atoms with E-state index in [4.69, 9.17) is 16.3 Å². The van der Waals surface area contributed by atoms with Gasteiger partial charge in [0, 0.05) is 11.1 Å². The van der Waals surface area contributed by atoms with E-state index in [1.807, 2.05) is 0 Å². The molecule has 4 aromatic rings. The Bertz CT molecular complexity index is 1350. The number of fused-ring (bicyclic) bond motifs is 1. The van der Waals surface area contributed by atoms with Gasteiger partial charge in [0.25, 0.3) is 5.91 Å². The standard InChI is InChI=1S/C23H14ClF3N2O3S/c24-20-9-8-19(33-20)18-11-16(15-6-1-2-7-17(15)29-18)22(31)32-12-21(30)28-14-5-3-4-13(10-14)23(25,26)27/h1-11H,12H2,(H,28,30). The van der Waals surface area contributed by atoms with Crippen LogP contribution in [0.2, 0.25) is 4.34 Å². The van der Waals surface area contributed by atoms with Crippen molar-refractivity contribution in [2.45, 2.75) is 6.18 Å². The lowest BCUT2D eigenvalue weighted by molar-refractivity contribution is -0.137. The van der Waals surface area contributed by atoms with E-state index in [9.17, 15) is 22.8 Å². The van der Waals surface area contributed by atoms with Crippen molar-refractivity contribution in [1.29, 1.82) is 0 Å². The first-order chi connectivity index (χ1) is 15.7. The third-order valence-electron chi connectivity index (χ3n) is 4.57. The molecule has 0 fully saturated rings. The van der Waals surface area contributed by atoms with Gasteiger partial charge in [-0.2, -0.15) is 13.2 Å². The van der Waals surface area contributed by atoms with E-state index in [-0.39, 0.29) is 11.3 Å². The average Bonchev–Trinajstić information content (AvgIpc) is 3.22. The molecular formula is C23H14ClF3N2O3S. The van der Waals surface area contributed by atoms with Crippen LogP contribution in [0.3, 0.4) is 0 Å². The topological polar surface area (TPSA) is 68.3 Å². The van der Waals surface area contributed by atoms with E-state index in [0.717, 1.165) is 17.0 Å². The predicted molar refractivity (Wildman–Crippen MR) is 120 cm³/mol. The molecule has 0 bridgehead atoms. The van der Waals surface area contributed by atoms with Gasteiger partial charge in [0.05, 0.1) is 31.6 Å². The van der Waals surface area contributed by atoms with Crippen molar-refractivity contribution >= 4 is 51.4 Å². The van der Waals surface area contributed by atoms with Crippen LogP contribution < -0.4 is 5.32 Å². The van der Waals surface area contributed by atoms with E-state index in [1.54, 1.807) is 42.5 Å². The van der Waals surface area contributed by atoms with Crippen LogP contribution in [0.4, 0.5) is 18.9 Å². The molecule has 0 saturated carbocycles. The minimum Gasteiger partial charge on any atom is -0.452 e. The monoisotopic (exact) mass is 490 g/mol. The van der Waals surface area contributed by atoms with Crippen molar-refractivity contribution in [3.63, 3.8) is 0 Å². The lowest BCUT2D eigenvalue weighted by Crippen LogP contribution is -2.21. The van der Waals surface area contributed by atoms with Crippen molar-refractivity contribution < 1.29 is 27.5 Å². The first kappa shape index (κ1) is 22.8. The molecular weight excluding hydrogens is 477 g/mol. The fourth-order valence-electron chi connectivity index (χ4n) is 3.10. The number of nitrogens with one attached hydrogen (secondary N) is 1. The molecule has 2 aromatic carbocycles. The summed E-state index contributed by atoms with van der Waals surface area (Å²) in [6, 6.07) is 16.2. The van der Waals surface area contributed by atoms with Crippen LogP contribution in [-0.2, 0) is 15.7 Å². The summed E-state index contributed by atoms with van der Waals surface area (Å²) in [5, 5.41) is 2.83. The summed E-state index contributed by atoms with van der Waals surface area (Å²) in [6.45, 7) is -0.675. The van der Waals surface area contributed by atoms with Crippen LogP contribution in [0.1, 0.15) is 15.9 Å². The van der Waals surface area contributed by atoms with Crippen molar-refractivity contribution in [2.24, 2.45) is 0 Å². The van der Waals surface area contributed by atoms with Gasteiger partial charge in [-0.3, -0.25) is 4.79 Å². The second kappa shape index (κ2) is 9.21. The third-order valence-corrected chi connectivity index (χ3v) is 5.82. The van der Waals surface area contributed by atoms with Crippen molar-refractivity contribution in [2.75, 3.05) is 11.9 Å². The number of carbonyl (C=O) groups is 2. The summed E-state index contributed by atoms with van der Waals surface area (Å²) in [5.74, 6) is -1.54. The van der Waals surface area contributed by atoms with Gasteiger partial charge in [-0.1, -0.05) is 35.9 Å². The molecule has 4 rings (SSSR count). The van der Waals surface area contributed by atoms with E-state index < -0.39 is 30.2 Å². The molecule has 0 aliphatic heterocycles. The second-order valence-electron chi connectivity index (χ2n) is 6.88. The Hall–Kier alpha value is -3.43. The number of amides is 1. The largest absolute Gasteiger partial charge is 0.452 e. The number of anilines is 1. The number of thiophene rings is 1. The number of para-hydroxylation sites is 1. The van der Waals surface area contributed by atoms with Gasteiger partial charge < -0.3 is 10.1 Å². The lowest BCUT2D eigenvalue weighted by atomic mass is 10.1. The zero-order chi connectivity index (χ0) is 23.6. The van der Waals surface area contributed by atoms with Gasteiger partial charge in [-0.15, -0.1) is 11.3 Å². The number of rotatable bonds is 5. The predicted octanol–water partition coefficient (Wildman–Crippen LogP) is 6.43. The van der Waals surface area contributed by atoms with E-state index in [1.165, 1.54) is 23.5 Å². The van der Waals surface area contributed by atoms with E-state index in [2.05, 4.69) is 10.3 Å². The molecule has 1 N–H and O–H groups in total. The minimum atomic E-state index is -4.54. The minimum absolute atomic E-state index is 0.0582. The molecule has 0 aliphatic rings. The Morgan fingerprint density at radius 2 is 1.82 bits per heavy atom. The number of pyridine rings is 1. The highest BCUT2D eigenvalue weighted by Crippen LogP contribution is 2.33. The number of ether oxygens (including phenoxy) is 1. The summed E-state index contributed by atoms with van der Waals surface area (Å²) in [5.41, 5.74) is 0.316. The van der Waals surface area contributed by atoms with Gasteiger partial charge in [-0.25, -0.2) is 9.78 Å². The number of carbonyl (C=O) groups excluding carboxylic acids is 2. The normalized spacial score (nSPS) is 11.4. The number of hydrogen-bond donors (Lipinski definition) is 1. The molecule has 0 radical (unpaired) electrons. The Kier molecular flexibility index (Phi) is 6.35. The van der Waals surface area contributed by atoms with Crippen LogP contribution in [0, 0.1) is 0 Å². The maximum Gasteiger partial charge on any atom is 0.416 e. The number of nitrogens with zero attached hydrogens (tertiary/aromatic N) is 1. The molecule has 2 aromatic heterocycles. The molecule has 33 heavy (non-hydrogen) atoms. The summed E-state index contributed by atoms with van der Waals surface area (Å²) in [4.78, 5) is 30.3. The van der Waals surface area contributed by atoms with Gasteiger partial charge in [-0.05, 0) is 42.5 Å². The summed E-state index contributed by atoms with van der Waals surface area (Å²) in [6.07, 6.45) is -4.54. The number of hydrogen-bond acceptors (Lipinski definition) is 5. The number of benzene rings is 2. The van der Waals surface area contributed by atoms with E-state index >= 15 is 0 Å². The van der Waals surface area contributed by atoms with Crippen LogP contribution >= 0.6 is 22.9 Å². The summed E-state index contributed by atoms with van der Waals surface area (Å²) in [7, 11) is 0. The highest BCUT2D eigenvalue weighted by molar-refractivity contribution is 7.19. The zero-order valence-electron chi connectivity index (χ0n) is 16.7. The molecule has 0 aliphatic carbocycles. The molecule has 1 amide bonds. The molecule has 0 spiro atoms. The van der Waals surface area contributed by atoms with Gasteiger partial charge in [0.15, 0.2) is 6.61 Å². The second-order valence-corrected chi connectivity index (χ2v) is 8.59. The van der Waals surface area contributed by atoms with Crippen molar-refractivity contribution in [3.8, 4) is 10.6 Å². The smallest absolute Gasteiger partial charge is 0.416 e. The Morgan fingerprint density at radius 1 is 1.03 bits per heavy atom. The van der Waals surface area contributed by atoms with Crippen molar-refractivity contribution in [3.05, 3.63) is 82.2 Å². The Morgan fingerprint density at radius 3 is 2.55 bits per heavy atom. The highest BCUT2D eigenvalue weighted by atomic mass is 35.5. The van der Waals surface area contributed by atoms with Crippen LogP contribution in [-0.4, -0.2) is 23.5 Å². The van der Waals surface area contributed by atoms with Gasteiger partial charge in [0.1, 0.15) is 0 Å². The third kappa shape index (κ3) is 5.32. The van der Waals surface area contributed by atoms with Crippen molar-refractivity contribution in [1.82, 2.24) is 4.98 Å². The Labute approximate surface area is 194 Å². The summed E-state index contributed by atoms with van der Waals surface area (Å²) < 4.78 is 44.2. The first-order valence-electron chi connectivity index (χ1n) is 9.50. The highest BCUT2D eigenvalue weighted by Gasteiger charge is 2.30. The molecule has 0 unspecified atom stereocenters. The fourth-order valence-corrected chi connectivity index (χ4v) is 4.11. The number of aromatic nitrogens is 1. The lowest BCUT2D eigenvalue weighted by Gasteiger charge is -2.11. The first-order valence-corrected chi connectivity index (χ1v) is 10.7. The molecule has 2 heterocycles. The van der Waals surface area contributed by atoms with Crippen LogP contribution in [0.25, 0.3) is 21.5 Å². The Balaban J connectivity index is 1.52. The van der Waals surface area contributed by atoms with Gasteiger partial charge in [0.2, 0.25) is 0 Å². The molecule has 10 heteroatoms. The molecule has 5 nitrogen and oxygen atoms in total. The van der Waals surface area contributed by atoms with Crippen LogP contribution in [0.5, 0.6) is 0 Å². The number of alkyl halides is 3. The maximum atomic E-state index is 12.8.